The first kappa shape index (κ1) is 12.9. The highest BCUT2D eigenvalue weighted by Gasteiger charge is 2.20. The second kappa shape index (κ2) is 5.12. The van der Waals surface area contributed by atoms with E-state index >= 15 is 0 Å². The lowest BCUT2D eigenvalue weighted by molar-refractivity contribution is -0.130. The Morgan fingerprint density at radius 1 is 1.30 bits per heavy atom. The molecular weight excluding hydrogens is 250 g/mol. The van der Waals surface area contributed by atoms with E-state index in [4.69, 9.17) is 0 Å². The summed E-state index contributed by atoms with van der Waals surface area (Å²) in [5, 5.41) is 8.28. The lowest BCUT2D eigenvalue weighted by Crippen LogP contribution is -2.37. The minimum Gasteiger partial charge on any atom is -0.338 e. The van der Waals surface area contributed by atoms with Crippen molar-refractivity contribution in [1.82, 2.24) is 15.1 Å². The van der Waals surface area contributed by atoms with Crippen molar-refractivity contribution in [3.63, 3.8) is 0 Å². The molecule has 20 heavy (non-hydrogen) atoms. The van der Waals surface area contributed by atoms with Crippen LogP contribution >= 0.6 is 0 Å². The van der Waals surface area contributed by atoms with Crippen LogP contribution in [0.5, 0.6) is 0 Å². The molecule has 3 rings (SSSR count). The minimum atomic E-state index is 0.172. The predicted molar refractivity (Wildman–Crippen MR) is 79.4 cm³/mol. The fourth-order valence-corrected chi connectivity index (χ4v) is 2.64. The van der Waals surface area contributed by atoms with Gasteiger partial charge in [-0.15, -0.1) is 0 Å². The number of H-pyrrole nitrogens is 1. The van der Waals surface area contributed by atoms with E-state index in [0.29, 0.717) is 6.42 Å². The molecule has 4 heteroatoms. The van der Waals surface area contributed by atoms with Gasteiger partial charge in [0.25, 0.3) is 0 Å². The first-order chi connectivity index (χ1) is 9.65. The van der Waals surface area contributed by atoms with E-state index in [0.717, 1.165) is 36.1 Å². The third kappa shape index (κ3) is 2.33. The highest BCUT2D eigenvalue weighted by Crippen LogP contribution is 2.20. The molecule has 0 radical (unpaired) electrons. The van der Waals surface area contributed by atoms with Crippen LogP contribution in [0, 0.1) is 0 Å². The molecule has 1 aliphatic rings. The largest absolute Gasteiger partial charge is 0.338 e. The Morgan fingerprint density at radius 2 is 2.10 bits per heavy atom. The number of fused-ring (bicyclic) bond motifs is 1. The molecule has 4 nitrogen and oxygen atoms in total. The normalized spacial score (nSPS) is 16.0. The van der Waals surface area contributed by atoms with E-state index in [-0.39, 0.29) is 5.91 Å². The fraction of sp³-hybridized carbons (Fsp3) is 0.375. The Balaban J connectivity index is 1.77. The zero-order valence-corrected chi connectivity index (χ0v) is 11.9. The fourth-order valence-electron chi connectivity index (χ4n) is 2.64. The number of carbonyl (C=O) groups excluding carboxylic acids is 1. The number of hydrogen-bond acceptors (Lipinski definition) is 2. The Bertz CT molecular complexity index is 684. The molecule has 104 valence electrons. The summed E-state index contributed by atoms with van der Waals surface area (Å²) in [6.07, 6.45) is 1.38. The predicted octanol–water partition coefficient (Wildman–Crippen LogP) is 2.67. The van der Waals surface area contributed by atoms with E-state index < -0.39 is 0 Å². The topological polar surface area (TPSA) is 49.0 Å². The number of nitrogens with zero attached hydrogens (tertiary/aromatic N) is 2. The zero-order valence-electron chi connectivity index (χ0n) is 11.9. The molecule has 0 bridgehead atoms. The van der Waals surface area contributed by atoms with Crippen molar-refractivity contribution in [3.05, 3.63) is 41.1 Å². The Kier molecular flexibility index (Phi) is 3.30. The molecule has 1 aromatic carbocycles. The highest BCUT2D eigenvalue weighted by atomic mass is 16.2. The smallest absolute Gasteiger partial charge is 0.228 e. The van der Waals surface area contributed by atoms with Crippen molar-refractivity contribution >= 4 is 16.8 Å². The molecule has 2 aromatic rings. The third-order valence-electron chi connectivity index (χ3n) is 4.13. The van der Waals surface area contributed by atoms with Crippen molar-refractivity contribution in [2.45, 2.75) is 26.7 Å². The summed E-state index contributed by atoms with van der Waals surface area (Å²) < 4.78 is 0. The van der Waals surface area contributed by atoms with Crippen LogP contribution in [0.25, 0.3) is 10.9 Å². The molecule has 0 saturated heterocycles. The summed E-state index contributed by atoms with van der Waals surface area (Å²) in [7, 11) is 0. The number of aromatic nitrogens is 2. The van der Waals surface area contributed by atoms with Gasteiger partial charge in [-0.3, -0.25) is 9.89 Å². The number of benzene rings is 1. The summed E-state index contributed by atoms with van der Waals surface area (Å²) in [6.45, 7) is 5.85. The summed E-state index contributed by atoms with van der Waals surface area (Å²) in [6, 6.07) is 7.89. The van der Waals surface area contributed by atoms with Crippen LogP contribution in [-0.2, 0) is 11.2 Å². The quantitative estimate of drug-likeness (QED) is 0.852. The van der Waals surface area contributed by atoms with E-state index in [1.807, 2.05) is 29.2 Å². The Morgan fingerprint density at radius 3 is 2.90 bits per heavy atom. The second-order valence-corrected chi connectivity index (χ2v) is 5.52. The van der Waals surface area contributed by atoms with Crippen LogP contribution in [0.4, 0.5) is 0 Å². The summed E-state index contributed by atoms with van der Waals surface area (Å²) in [4.78, 5) is 14.4. The molecule has 1 aliphatic heterocycles. The monoisotopic (exact) mass is 269 g/mol. The standard InChI is InChI=1S/C16H19N3O/c1-11-7-8-19(10-12(11)2)16(20)9-15-13-5-3-4-6-14(13)17-18-15/h3-6H,7-10H2,1-2H3,(H,17,18). The number of amides is 1. The van der Waals surface area contributed by atoms with Crippen molar-refractivity contribution < 1.29 is 4.79 Å². The van der Waals surface area contributed by atoms with Crippen molar-refractivity contribution in [3.8, 4) is 0 Å². The minimum absolute atomic E-state index is 0.172. The molecule has 0 fully saturated rings. The molecule has 0 spiro atoms. The Hall–Kier alpha value is -2.10. The van der Waals surface area contributed by atoms with Gasteiger partial charge in [-0.2, -0.15) is 5.10 Å². The second-order valence-electron chi connectivity index (χ2n) is 5.52. The van der Waals surface area contributed by atoms with Gasteiger partial charge in [0.05, 0.1) is 17.6 Å². The molecule has 0 unspecified atom stereocenters. The third-order valence-corrected chi connectivity index (χ3v) is 4.13. The van der Waals surface area contributed by atoms with E-state index in [1.54, 1.807) is 0 Å². The average molecular weight is 269 g/mol. The first-order valence-electron chi connectivity index (χ1n) is 7.00. The maximum absolute atomic E-state index is 12.4. The summed E-state index contributed by atoms with van der Waals surface area (Å²) in [5.41, 5.74) is 4.57. The van der Waals surface area contributed by atoms with Gasteiger partial charge in [0, 0.05) is 18.5 Å². The van der Waals surface area contributed by atoms with Crippen LogP contribution in [0.15, 0.2) is 35.4 Å². The summed E-state index contributed by atoms with van der Waals surface area (Å²) >= 11 is 0. The average Bonchev–Trinajstić information content (AvgIpc) is 2.85. The number of para-hydroxylation sites is 1. The van der Waals surface area contributed by atoms with Gasteiger partial charge >= 0.3 is 0 Å². The molecule has 0 atom stereocenters. The van der Waals surface area contributed by atoms with Gasteiger partial charge in [-0.1, -0.05) is 29.3 Å². The maximum Gasteiger partial charge on any atom is 0.228 e. The van der Waals surface area contributed by atoms with Gasteiger partial charge in [-0.05, 0) is 26.3 Å². The summed E-state index contributed by atoms with van der Waals surface area (Å²) in [5.74, 6) is 0.172. The van der Waals surface area contributed by atoms with Crippen LogP contribution in [0.2, 0.25) is 0 Å². The molecule has 0 aliphatic carbocycles. The van der Waals surface area contributed by atoms with Gasteiger partial charge in [0.2, 0.25) is 5.91 Å². The van der Waals surface area contributed by atoms with Crippen LogP contribution in [0.3, 0.4) is 0 Å². The van der Waals surface area contributed by atoms with E-state index in [9.17, 15) is 4.79 Å². The van der Waals surface area contributed by atoms with Crippen LogP contribution in [0.1, 0.15) is 26.0 Å². The molecular formula is C16H19N3O. The van der Waals surface area contributed by atoms with Crippen molar-refractivity contribution in [2.24, 2.45) is 0 Å². The lowest BCUT2D eigenvalue weighted by Gasteiger charge is -2.28. The molecule has 0 saturated carbocycles. The van der Waals surface area contributed by atoms with Crippen LogP contribution in [-0.4, -0.2) is 34.1 Å². The maximum atomic E-state index is 12.4. The molecule has 1 aromatic heterocycles. The van der Waals surface area contributed by atoms with Crippen molar-refractivity contribution in [1.29, 1.82) is 0 Å². The number of nitrogens with one attached hydrogen (secondary N) is 1. The number of aromatic amines is 1. The number of carbonyl (C=O) groups is 1. The number of hydrogen-bond donors (Lipinski definition) is 1. The van der Waals surface area contributed by atoms with Gasteiger partial charge in [0.15, 0.2) is 0 Å². The van der Waals surface area contributed by atoms with Gasteiger partial charge in [0.1, 0.15) is 0 Å². The van der Waals surface area contributed by atoms with E-state index in [2.05, 4.69) is 24.0 Å². The van der Waals surface area contributed by atoms with Gasteiger partial charge < -0.3 is 4.90 Å². The Labute approximate surface area is 118 Å². The highest BCUT2D eigenvalue weighted by molar-refractivity contribution is 5.87. The molecule has 2 heterocycles. The molecule has 1 N–H and O–H groups in total. The molecule has 1 amide bonds. The van der Waals surface area contributed by atoms with Gasteiger partial charge in [-0.25, -0.2) is 0 Å². The number of rotatable bonds is 2. The first-order valence-corrected chi connectivity index (χ1v) is 7.00. The lowest BCUT2D eigenvalue weighted by atomic mass is 10.0. The van der Waals surface area contributed by atoms with Crippen molar-refractivity contribution in [2.75, 3.05) is 13.1 Å². The van der Waals surface area contributed by atoms with E-state index in [1.165, 1.54) is 11.1 Å². The zero-order chi connectivity index (χ0) is 14.1. The SMILES string of the molecule is CC1=C(C)CN(C(=O)Cc2[nH]nc3ccccc23)CC1. The van der Waals surface area contributed by atoms with Crippen LogP contribution < -0.4 is 0 Å².